The molecule has 0 bridgehead atoms. The monoisotopic (exact) mass is 486 g/mol. The molecule has 0 unspecified atom stereocenters. The van der Waals surface area contributed by atoms with Gasteiger partial charge in [0.1, 0.15) is 0 Å². The molecule has 0 aliphatic heterocycles. The number of benzene rings is 3. The van der Waals surface area contributed by atoms with Gasteiger partial charge >= 0.3 is 4.87 Å². The lowest BCUT2D eigenvalue weighted by Gasteiger charge is -2.08. The molecule has 0 radical (unpaired) electrons. The first-order chi connectivity index (χ1) is 15.3. The fraction of sp³-hybridized carbons (Fsp3) is 0.208. The molecular formula is C24H23ClN2O3S2. The van der Waals surface area contributed by atoms with Crippen molar-refractivity contribution in [2.75, 3.05) is 6.54 Å². The zero-order valence-corrected chi connectivity index (χ0v) is 19.9. The van der Waals surface area contributed by atoms with E-state index in [1.54, 1.807) is 34.9 Å². The van der Waals surface area contributed by atoms with E-state index in [1.807, 2.05) is 19.1 Å². The number of sulfonamides is 1. The van der Waals surface area contributed by atoms with Crippen molar-refractivity contribution in [2.45, 2.75) is 31.2 Å². The second-order valence-electron chi connectivity index (χ2n) is 7.70. The summed E-state index contributed by atoms with van der Waals surface area (Å²) in [4.78, 5) is 12.6. The normalized spacial score (nSPS) is 11.8. The third-order valence-electron chi connectivity index (χ3n) is 5.26. The van der Waals surface area contributed by atoms with Gasteiger partial charge in [0.25, 0.3) is 0 Å². The Labute approximate surface area is 196 Å². The van der Waals surface area contributed by atoms with Crippen LogP contribution in [-0.2, 0) is 23.0 Å². The molecule has 0 saturated heterocycles. The highest BCUT2D eigenvalue weighted by Crippen LogP contribution is 2.23. The average Bonchev–Trinajstić information content (AvgIpc) is 3.08. The fourth-order valence-corrected chi connectivity index (χ4v) is 5.70. The van der Waals surface area contributed by atoms with E-state index in [1.165, 1.54) is 11.1 Å². The zero-order chi connectivity index (χ0) is 22.7. The predicted molar refractivity (Wildman–Crippen MR) is 131 cm³/mol. The van der Waals surface area contributed by atoms with Gasteiger partial charge in [-0.3, -0.25) is 9.36 Å². The second kappa shape index (κ2) is 9.58. The third-order valence-corrected chi connectivity index (χ3v) is 7.91. The van der Waals surface area contributed by atoms with Gasteiger partial charge in [-0.2, -0.15) is 0 Å². The average molecular weight is 487 g/mol. The highest BCUT2D eigenvalue weighted by atomic mass is 35.5. The molecule has 0 atom stereocenters. The number of thiazole rings is 1. The van der Waals surface area contributed by atoms with Gasteiger partial charge in [-0.25, -0.2) is 13.1 Å². The Morgan fingerprint density at radius 1 is 0.969 bits per heavy atom. The summed E-state index contributed by atoms with van der Waals surface area (Å²) < 4.78 is 30.4. The Hall–Kier alpha value is -2.45. The van der Waals surface area contributed by atoms with Crippen LogP contribution in [0.5, 0.6) is 0 Å². The van der Waals surface area contributed by atoms with Crippen molar-refractivity contribution in [3.05, 3.63) is 98.1 Å². The SMILES string of the molecule is Cc1ccc(CCCNS(=O)(=O)c2ccc3c(c2)sc(=O)n3Cc2ccc(Cl)cc2)cc1. The van der Waals surface area contributed by atoms with Crippen molar-refractivity contribution >= 4 is 43.2 Å². The lowest BCUT2D eigenvalue weighted by Crippen LogP contribution is -2.25. The Morgan fingerprint density at radius 2 is 1.66 bits per heavy atom. The molecule has 0 aliphatic rings. The van der Waals surface area contributed by atoms with Crippen LogP contribution in [0, 0.1) is 6.92 Å². The Bertz CT molecular complexity index is 1390. The van der Waals surface area contributed by atoms with E-state index in [0.29, 0.717) is 34.7 Å². The Balaban J connectivity index is 1.46. The van der Waals surface area contributed by atoms with E-state index in [2.05, 4.69) is 29.0 Å². The largest absolute Gasteiger partial charge is 0.308 e. The van der Waals surface area contributed by atoms with Crippen LogP contribution in [0.3, 0.4) is 0 Å². The lowest BCUT2D eigenvalue weighted by atomic mass is 10.1. The van der Waals surface area contributed by atoms with Gasteiger partial charge in [0.05, 0.1) is 21.7 Å². The Morgan fingerprint density at radius 3 is 2.38 bits per heavy atom. The van der Waals surface area contributed by atoms with Crippen LogP contribution < -0.4 is 9.60 Å². The minimum Gasteiger partial charge on any atom is -0.294 e. The number of halogens is 1. The molecule has 1 heterocycles. The van der Waals surface area contributed by atoms with Gasteiger partial charge in [0, 0.05) is 11.6 Å². The summed E-state index contributed by atoms with van der Waals surface area (Å²) in [5.74, 6) is 0. The first-order valence-electron chi connectivity index (χ1n) is 10.2. The summed E-state index contributed by atoms with van der Waals surface area (Å²) in [5, 5.41) is 0.637. The highest BCUT2D eigenvalue weighted by Gasteiger charge is 2.16. The molecule has 4 aromatic rings. The molecule has 166 valence electrons. The van der Waals surface area contributed by atoms with Crippen LogP contribution in [0.25, 0.3) is 10.2 Å². The fourth-order valence-electron chi connectivity index (χ4n) is 3.47. The first-order valence-corrected chi connectivity index (χ1v) is 12.9. The van der Waals surface area contributed by atoms with Crippen LogP contribution in [-0.4, -0.2) is 19.5 Å². The summed E-state index contributed by atoms with van der Waals surface area (Å²) in [6, 6.07) is 20.4. The van der Waals surface area contributed by atoms with Crippen LogP contribution in [0.15, 0.2) is 76.4 Å². The maximum Gasteiger partial charge on any atom is 0.308 e. The third kappa shape index (κ3) is 5.30. The second-order valence-corrected chi connectivity index (χ2v) is 10.9. The lowest BCUT2D eigenvalue weighted by molar-refractivity contribution is 0.579. The molecule has 8 heteroatoms. The number of aryl methyl sites for hydroxylation is 2. The van der Waals surface area contributed by atoms with Crippen molar-refractivity contribution in [3.63, 3.8) is 0 Å². The summed E-state index contributed by atoms with van der Waals surface area (Å²) in [5.41, 5.74) is 4.05. The van der Waals surface area contributed by atoms with Gasteiger partial charge < -0.3 is 0 Å². The van der Waals surface area contributed by atoms with Crippen LogP contribution in [0.4, 0.5) is 0 Å². The van der Waals surface area contributed by atoms with Gasteiger partial charge in [0.2, 0.25) is 10.0 Å². The number of hydrogen-bond acceptors (Lipinski definition) is 4. The minimum atomic E-state index is -3.65. The molecule has 4 rings (SSSR count). The number of nitrogens with zero attached hydrogens (tertiary/aromatic N) is 1. The van der Waals surface area contributed by atoms with E-state index in [9.17, 15) is 13.2 Å². The maximum atomic E-state index is 12.7. The summed E-state index contributed by atoms with van der Waals surface area (Å²) in [7, 11) is -3.65. The standard InChI is InChI=1S/C24H23ClN2O3S2/c1-17-4-6-18(7-5-17)3-2-14-26-32(29,30)21-12-13-22-23(15-21)31-24(28)27(22)16-19-8-10-20(25)11-9-19/h4-13,15,26H,2-3,14,16H2,1H3. The van der Waals surface area contributed by atoms with Gasteiger partial charge in [-0.1, -0.05) is 64.9 Å². The molecule has 0 amide bonds. The smallest absolute Gasteiger partial charge is 0.294 e. The highest BCUT2D eigenvalue weighted by molar-refractivity contribution is 7.89. The number of nitrogens with one attached hydrogen (secondary N) is 1. The number of rotatable bonds is 8. The summed E-state index contributed by atoms with van der Waals surface area (Å²) >= 11 is 6.98. The van der Waals surface area contributed by atoms with Crippen molar-refractivity contribution < 1.29 is 8.42 Å². The predicted octanol–water partition coefficient (Wildman–Crippen LogP) is 4.98. The maximum absolute atomic E-state index is 12.7. The molecule has 0 aliphatic carbocycles. The molecule has 0 spiro atoms. The van der Waals surface area contributed by atoms with Crippen LogP contribution in [0.1, 0.15) is 23.1 Å². The minimum absolute atomic E-state index is 0.129. The van der Waals surface area contributed by atoms with E-state index in [4.69, 9.17) is 11.6 Å². The van der Waals surface area contributed by atoms with Crippen LogP contribution >= 0.6 is 22.9 Å². The van der Waals surface area contributed by atoms with Crippen molar-refractivity contribution in [3.8, 4) is 0 Å². The van der Waals surface area contributed by atoms with E-state index in [-0.39, 0.29) is 9.77 Å². The van der Waals surface area contributed by atoms with Crippen molar-refractivity contribution in [1.82, 2.24) is 9.29 Å². The van der Waals surface area contributed by atoms with Gasteiger partial charge in [-0.05, 0) is 61.2 Å². The van der Waals surface area contributed by atoms with Crippen molar-refractivity contribution in [1.29, 1.82) is 0 Å². The van der Waals surface area contributed by atoms with E-state index < -0.39 is 10.0 Å². The molecule has 1 aromatic heterocycles. The number of hydrogen-bond donors (Lipinski definition) is 1. The van der Waals surface area contributed by atoms with E-state index >= 15 is 0 Å². The molecule has 32 heavy (non-hydrogen) atoms. The van der Waals surface area contributed by atoms with E-state index in [0.717, 1.165) is 23.3 Å². The van der Waals surface area contributed by atoms with Gasteiger partial charge in [-0.15, -0.1) is 0 Å². The molecule has 0 fully saturated rings. The quantitative estimate of drug-likeness (QED) is 0.357. The molecular weight excluding hydrogens is 464 g/mol. The Kier molecular flexibility index (Phi) is 6.81. The molecule has 3 aromatic carbocycles. The molecule has 0 saturated carbocycles. The number of aromatic nitrogens is 1. The van der Waals surface area contributed by atoms with Crippen molar-refractivity contribution in [2.24, 2.45) is 0 Å². The number of fused-ring (bicyclic) bond motifs is 1. The topological polar surface area (TPSA) is 68.2 Å². The zero-order valence-electron chi connectivity index (χ0n) is 17.5. The van der Waals surface area contributed by atoms with Crippen LogP contribution in [0.2, 0.25) is 5.02 Å². The summed E-state index contributed by atoms with van der Waals surface area (Å²) in [6.45, 7) is 2.79. The molecule has 1 N–H and O–H groups in total. The summed E-state index contributed by atoms with van der Waals surface area (Å²) in [6.07, 6.45) is 1.51. The first kappa shape index (κ1) is 22.7. The van der Waals surface area contributed by atoms with Gasteiger partial charge in [0.15, 0.2) is 0 Å². The molecule has 5 nitrogen and oxygen atoms in total.